The molecule has 45 heavy (non-hydrogen) atoms. The lowest BCUT2D eigenvalue weighted by atomic mass is 9.95. The second kappa shape index (κ2) is 12.7. The summed E-state index contributed by atoms with van der Waals surface area (Å²) in [5.41, 5.74) is 2.41. The molecule has 0 bridgehead atoms. The molecule has 9 nitrogen and oxygen atoms in total. The normalized spacial score (nSPS) is 15.8. The number of carbonyl (C=O) groups is 2. The van der Waals surface area contributed by atoms with E-state index in [4.69, 9.17) is 23.9 Å². The number of benzene rings is 4. The summed E-state index contributed by atoms with van der Waals surface area (Å²) in [7, 11) is 3.03. The van der Waals surface area contributed by atoms with Gasteiger partial charge in [0.25, 0.3) is 5.78 Å². The number of carbonyl (C=O) groups excluding carboxylic acids is 2. The van der Waals surface area contributed by atoms with Crippen molar-refractivity contribution >= 4 is 44.1 Å². The van der Waals surface area contributed by atoms with Gasteiger partial charge in [0.1, 0.15) is 23.9 Å². The topological polar surface area (TPSA) is 107 Å². The van der Waals surface area contributed by atoms with Gasteiger partial charge in [0.2, 0.25) is 0 Å². The molecule has 0 spiro atoms. The number of thiazole rings is 1. The van der Waals surface area contributed by atoms with E-state index < -0.39 is 17.7 Å². The number of Topliss-reactive ketones (excluding diaryl/α,β-unsaturated/α-hetero) is 1. The summed E-state index contributed by atoms with van der Waals surface area (Å²) in [4.78, 5) is 33.6. The fourth-order valence-corrected chi connectivity index (χ4v) is 6.25. The van der Waals surface area contributed by atoms with Crippen LogP contribution >= 0.6 is 11.3 Å². The van der Waals surface area contributed by atoms with Gasteiger partial charge >= 0.3 is 5.91 Å². The van der Waals surface area contributed by atoms with Crippen molar-refractivity contribution in [1.29, 1.82) is 0 Å². The summed E-state index contributed by atoms with van der Waals surface area (Å²) < 4.78 is 23.5. The van der Waals surface area contributed by atoms with Crippen LogP contribution in [0.2, 0.25) is 0 Å². The number of nitrogens with zero attached hydrogens (tertiary/aromatic N) is 2. The number of aromatic nitrogens is 1. The quantitative estimate of drug-likeness (QED) is 0.102. The van der Waals surface area contributed by atoms with Crippen LogP contribution < -0.4 is 23.8 Å². The molecule has 1 N–H and O–H groups in total. The molecule has 1 unspecified atom stereocenters. The molecule has 1 atom stereocenters. The highest BCUT2D eigenvalue weighted by atomic mass is 32.1. The number of rotatable bonds is 10. The van der Waals surface area contributed by atoms with Crippen LogP contribution in [0.5, 0.6) is 23.0 Å². The lowest BCUT2D eigenvalue weighted by molar-refractivity contribution is -0.132. The summed E-state index contributed by atoms with van der Waals surface area (Å²) in [6.07, 6.45) is 0. The predicted molar refractivity (Wildman–Crippen MR) is 172 cm³/mol. The second-order valence-electron chi connectivity index (χ2n) is 10.1. The van der Waals surface area contributed by atoms with E-state index in [9.17, 15) is 14.7 Å². The van der Waals surface area contributed by atoms with Crippen LogP contribution in [0.4, 0.5) is 5.13 Å². The van der Waals surface area contributed by atoms with Crippen molar-refractivity contribution in [3.8, 4) is 23.0 Å². The molecule has 1 saturated heterocycles. The highest BCUT2D eigenvalue weighted by Gasteiger charge is 2.48. The minimum absolute atomic E-state index is 0.0810. The first kappa shape index (κ1) is 29.7. The number of ether oxygens (including phenoxy) is 4. The SMILES string of the molecule is CCOc1ccc2nc(N3C(=O)C(=O)C(=C(O)c4cccc(OC)c4)C3c3ccc(OCc4ccccc4)c(OC)c3)sc2c1. The molecule has 2 heterocycles. The first-order valence-corrected chi connectivity index (χ1v) is 15.1. The third-order valence-electron chi connectivity index (χ3n) is 7.39. The van der Waals surface area contributed by atoms with Gasteiger partial charge in [-0.05, 0) is 60.5 Å². The molecule has 1 aliphatic heterocycles. The lowest BCUT2D eigenvalue weighted by Gasteiger charge is -2.24. The Morgan fingerprint density at radius 3 is 2.44 bits per heavy atom. The Labute approximate surface area is 263 Å². The van der Waals surface area contributed by atoms with Crippen molar-refractivity contribution in [3.63, 3.8) is 0 Å². The highest BCUT2D eigenvalue weighted by Crippen LogP contribution is 2.46. The number of aliphatic hydroxyl groups is 1. The first-order chi connectivity index (χ1) is 21.9. The number of fused-ring (bicyclic) bond motifs is 1. The minimum atomic E-state index is -1.01. The smallest absolute Gasteiger partial charge is 0.301 e. The van der Waals surface area contributed by atoms with E-state index in [2.05, 4.69) is 0 Å². The number of aliphatic hydroxyl groups excluding tert-OH is 1. The van der Waals surface area contributed by atoms with E-state index >= 15 is 0 Å². The van der Waals surface area contributed by atoms with Gasteiger partial charge in [0, 0.05) is 5.56 Å². The standard InChI is InChI=1S/C35H30N2O7S/c1-4-43-25-14-15-26-29(19-25)45-35(36-26)37-31(30(33(39)34(37)40)32(38)23-11-8-12-24(17-23)41-2)22-13-16-27(28(18-22)42-3)44-20-21-9-6-5-7-10-21/h5-19,31,38H,4,20H2,1-3H3. The van der Waals surface area contributed by atoms with E-state index in [1.807, 2.05) is 55.5 Å². The molecule has 1 fully saturated rings. The van der Waals surface area contributed by atoms with Crippen LogP contribution in [-0.4, -0.2) is 42.6 Å². The van der Waals surface area contributed by atoms with Crippen molar-refractivity contribution in [1.82, 2.24) is 4.98 Å². The van der Waals surface area contributed by atoms with Crippen molar-refractivity contribution in [2.45, 2.75) is 19.6 Å². The maximum atomic E-state index is 13.8. The third kappa shape index (κ3) is 5.80. The Kier molecular flexibility index (Phi) is 8.39. The summed E-state index contributed by atoms with van der Waals surface area (Å²) in [5, 5.41) is 11.9. The van der Waals surface area contributed by atoms with Crippen molar-refractivity contribution in [2.75, 3.05) is 25.7 Å². The molecule has 1 amide bonds. The molecule has 228 valence electrons. The second-order valence-corrected chi connectivity index (χ2v) is 11.2. The molecule has 1 aliphatic rings. The molecule has 0 radical (unpaired) electrons. The van der Waals surface area contributed by atoms with Crippen LogP contribution in [0, 0.1) is 0 Å². The number of anilines is 1. The number of amides is 1. The molecular weight excluding hydrogens is 592 g/mol. The van der Waals surface area contributed by atoms with Gasteiger partial charge in [0.15, 0.2) is 16.6 Å². The third-order valence-corrected chi connectivity index (χ3v) is 8.41. The van der Waals surface area contributed by atoms with Gasteiger partial charge in [-0.3, -0.25) is 14.5 Å². The number of ketones is 1. The van der Waals surface area contributed by atoms with Crippen LogP contribution in [0.25, 0.3) is 16.0 Å². The Hall–Kier alpha value is -5.35. The van der Waals surface area contributed by atoms with E-state index in [-0.39, 0.29) is 11.3 Å². The molecule has 0 saturated carbocycles. The summed E-state index contributed by atoms with van der Waals surface area (Å²) in [6.45, 7) is 2.72. The first-order valence-electron chi connectivity index (χ1n) is 14.2. The van der Waals surface area contributed by atoms with E-state index in [1.54, 1.807) is 42.5 Å². The summed E-state index contributed by atoms with van der Waals surface area (Å²) >= 11 is 1.25. The van der Waals surface area contributed by atoms with Gasteiger partial charge in [-0.15, -0.1) is 0 Å². The molecule has 5 aromatic rings. The van der Waals surface area contributed by atoms with Crippen LogP contribution in [-0.2, 0) is 16.2 Å². The van der Waals surface area contributed by atoms with Gasteiger partial charge in [-0.1, -0.05) is 59.9 Å². The number of hydrogen-bond acceptors (Lipinski definition) is 9. The van der Waals surface area contributed by atoms with Crippen LogP contribution in [0.1, 0.15) is 29.7 Å². The zero-order valence-electron chi connectivity index (χ0n) is 24.9. The average molecular weight is 623 g/mol. The zero-order chi connectivity index (χ0) is 31.5. The van der Waals surface area contributed by atoms with Gasteiger partial charge < -0.3 is 24.1 Å². The molecule has 0 aliphatic carbocycles. The highest BCUT2D eigenvalue weighted by molar-refractivity contribution is 7.22. The number of methoxy groups -OCH3 is 2. The molecule has 6 rings (SSSR count). The van der Waals surface area contributed by atoms with Crippen LogP contribution in [0.15, 0.2) is 96.6 Å². The van der Waals surface area contributed by atoms with Gasteiger partial charge in [0.05, 0.1) is 42.7 Å². The van der Waals surface area contributed by atoms with Crippen molar-refractivity contribution < 1.29 is 33.6 Å². The minimum Gasteiger partial charge on any atom is -0.507 e. The summed E-state index contributed by atoms with van der Waals surface area (Å²) in [6, 6.07) is 26.1. The van der Waals surface area contributed by atoms with Crippen LogP contribution in [0.3, 0.4) is 0 Å². The van der Waals surface area contributed by atoms with Crippen molar-refractivity contribution in [3.05, 3.63) is 113 Å². The molecule has 1 aromatic heterocycles. The Bertz CT molecular complexity index is 1920. The van der Waals surface area contributed by atoms with Crippen molar-refractivity contribution in [2.24, 2.45) is 0 Å². The Balaban J connectivity index is 1.47. The number of hydrogen-bond donors (Lipinski definition) is 1. The monoisotopic (exact) mass is 622 g/mol. The van der Waals surface area contributed by atoms with E-state index in [0.717, 1.165) is 10.3 Å². The Morgan fingerprint density at radius 1 is 0.867 bits per heavy atom. The largest absolute Gasteiger partial charge is 0.507 e. The van der Waals surface area contributed by atoms with Gasteiger partial charge in [-0.2, -0.15) is 0 Å². The summed E-state index contributed by atoms with van der Waals surface area (Å²) in [5.74, 6) is 0.0763. The predicted octanol–water partition coefficient (Wildman–Crippen LogP) is 6.92. The van der Waals surface area contributed by atoms with Gasteiger partial charge in [-0.25, -0.2) is 4.98 Å². The lowest BCUT2D eigenvalue weighted by Crippen LogP contribution is -2.29. The maximum Gasteiger partial charge on any atom is 0.301 e. The molecule has 10 heteroatoms. The fourth-order valence-electron chi connectivity index (χ4n) is 5.23. The van der Waals surface area contributed by atoms with E-state index in [0.29, 0.717) is 58.0 Å². The average Bonchev–Trinajstić information content (AvgIpc) is 3.61. The maximum absolute atomic E-state index is 13.8. The molecular formula is C35H30N2O7S. The van der Waals surface area contributed by atoms with E-state index in [1.165, 1.54) is 30.5 Å². The molecule has 4 aromatic carbocycles. The Morgan fingerprint density at radius 2 is 1.69 bits per heavy atom. The zero-order valence-corrected chi connectivity index (χ0v) is 25.7. The fraction of sp³-hybridized carbons (Fsp3) is 0.171.